The first-order valence-corrected chi connectivity index (χ1v) is 5.72. The Balaban J connectivity index is 2.23. The van der Waals surface area contributed by atoms with Gasteiger partial charge < -0.3 is 5.73 Å². The van der Waals surface area contributed by atoms with Crippen LogP contribution in [0.5, 0.6) is 0 Å². The summed E-state index contributed by atoms with van der Waals surface area (Å²) in [4.78, 5) is 0. The maximum absolute atomic E-state index is 13.1. The molecule has 1 nitrogen and oxygen atoms in total. The molecular weight excluding hydrogens is 277 g/mol. The van der Waals surface area contributed by atoms with Crippen molar-refractivity contribution in [2.24, 2.45) is 5.73 Å². The number of halogens is 5. The summed E-state index contributed by atoms with van der Waals surface area (Å²) < 4.78 is 64.8. The average molecular weight is 287 g/mol. The molecule has 0 heterocycles. The fraction of sp³-hybridized carbons (Fsp3) is 0.143. The van der Waals surface area contributed by atoms with E-state index in [-0.39, 0.29) is 12.0 Å². The first-order chi connectivity index (χ1) is 9.38. The Bertz CT molecular complexity index is 618. The maximum Gasteiger partial charge on any atom is 0.194 e. The Morgan fingerprint density at radius 3 is 1.95 bits per heavy atom. The number of benzene rings is 2. The Kier molecular flexibility index (Phi) is 4.04. The third-order valence-electron chi connectivity index (χ3n) is 2.87. The molecule has 6 heteroatoms. The second-order valence-corrected chi connectivity index (χ2v) is 4.36. The zero-order valence-electron chi connectivity index (χ0n) is 10.1. The largest absolute Gasteiger partial charge is 0.324 e. The van der Waals surface area contributed by atoms with Crippen LogP contribution in [0, 0.1) is 29.1 Å². The second kappa shape index (κ2) is 5.58. The van der Waals surface area contributed by atoms with E-state index in [1.54, 1.807) is 0 Å². The highest BCUT2D eigenvalue weighted by molar-refractivity contribution is 5.26. The summed E-state index contributed by atoms with van der Waals surface area (Å²) in [6, 6.07) is 3.89. The van der Waals surface area contributed by atoms with E-state index in [2.05, 4.69) is 0 Å². The maximum atomic E-state index is 13.1. The summed E-state index contributed by atoms with van der Waals surface area (Å²) in [7, 11) is 0. The van der Waals surface area contributed by atoms with E-state index < -0.39 is 35.1 Å². The molecule has 0 saturated carbocycles. The van der Waals surface area contributed by atoms with Gasteiger partial charge in [0.25, 0.3) is 0 Å². The van der Waals surface area contributed by atoms with Gasteiger partial charge in [-0.1, -0.05) is 6.07 Å². The Labute approximate surface area is 111 Å². The minimum absolute atomic E-state index is 0.0295. The lowest BCUT2D eigenvalue weighted by Gasteiger charge is -2.13. The highest BCUT2D eigenvalue weighted by Crippen LogP contribution is 2.21. The van der Waals surface area contributed by atoms with Gasteiger partial charge in [0.2, 0.25) is 0 Å². The number of hydrogen-bond donors (Lipinski definition) is 1. The van der Waals surface area contributed by atoms with Gasteiger partial charge in [-0.25, -0.2) is 22.0 Å². The summed E-state index contributed by atoms with van der Waals surface area (Å²) in [6.45, 7) is 0. The molecule has 0 radical (unpaired) electrons. The van der Waals surface area contributed by atoms with E-state index in [1.807, 2.05) is 0 Å². The quantitative estimate of drug-likeness (QED) is 0.677. The van der Waals surface area contributed by atoms with Crippen molar-refractivity contribution in [1.29, 1.82) is 0 Å². The second-order valence-electron chi connectivity index (χ2n) is 4.36. The standard InChI is InChI=1S/C14H10F5N/c15-9-2-1-7(3-10(9)16)4-13(20)8-5-11(17)14(19)12(18)6-8/h1-3,5-6,13H,4,20H2. The van der Waals surface area contributed by atoms with Crippen LogP contribution in [-0.2, 0) is 6.42 Å². The molecule has 2 aromatic rings. The first kappa shape index (κ1) is 14.5. The molecule has 20 heavy (non-hydrogen) atoms. The number of rotatable bonds is 3. The molecule has 2 N–H and O–H groups in total. The topological polar surface area (TPSA) is 26.0 Å². The van der Waals surface area contributed by atoms with Crippen molar-refractivity contribution in [1.82, 2.24) is 0 Å². The molecule has 0 aliphatic carbocycles. The van der Waals surface area contributed by atoms with E-state index in [0.29, 0.717) is 5.56 Å². The Morgan fingerprint density at radius 2 is 1.40 bits per heavy atom. The zero-order valence-corrected chi connectivity index (χ0v) is 10.1. The molecule has 0 amide bonds. The molecule has 0 aromatic heterocycles. The lowest BCUT2D eigenvalue weighted by Crippen LogP contribution is -2.14. The highest BCUT2D eigenvalue weighted by atomic mass is 19.2. The normalized spacial score (nSPS) is 12.5. The molecular formula is C14H10F5N. The van der Waals surface area contributed by atoms with Crippen molar-refractivity contribution in [2.45, 2.75) is 12.5 Å². The van der Waals surface area contributed by atoms with Gasteiger partial charge in [0, 0.05) is 6.04 Å². The van der Waals surface area contributed by atoms with E-state index >= 15 is 0 Å². The molecule has 0 fully saturated rings. The molecule has 106 valence electrons. The van der Waals surface area contributed by atoms with Crippen LogP contribution in [0.4, 0.5) is 22.0 Å². The van der Waals surface area contributed by atoms with E-state index in [4.69, 9.17) is 5.73 Å². The zero-order chi connectivity index (χ0) is 14.9. The third kappa shape index (κ3) is 2.96. The molecule has 0 bridgehead atoms. The summed E-state index contributed by atoms with van der Waals surface area (Å²) in [5.41, 5.74) is 6.13. The molecule has 2 aromatic carbocycles. The van der Waals surface area contributed by atoms with Crippen LogP contribution in [0.1, 0.15) is 17.2 Å². The summed E-state index contributed by atoms with van der Waals surface area (Å²) in [5, 5.41) is 0. The van der Waals surface area contributed by atoms with Crippen LogP contribution in [0.3, 0.4) is 0 Å². The smallest absolute Gasteiger partial charge is 0.194 e. The van der Waals surface area contributed by atoms with Gasteiger partial charge in [0.15, 0.2) is 29.1 Å². The SMILES string of the molecule is NC(Cc1ccc(F)c(F)c1)c1cc(F)c(F)c(F)c1. The van der Waals surface area contributed by atoms with Crippen LogP contribution in [0.2, 0.25) is 0 Å². The number of hydrogen-bond acceptors (Lipinski definition) is 1. The molecule has 2 rings (SSSR count). The number of nitrogens with two attached hydrogens (primary N) is 1. The summed E-state index contributed by atoms with van der Waals surface area (Å²) in [5.74, 6) is -6.30. The molecule has 0 aliphatic rings. The Morgan fingerprint density at radius 1 is 0.800 bits per heavy atom. The lowest BCUT2D eigenvalue weighted by atomic mass is 9.99. The minimum Gasteiger partial charge on any atom is -0.324 e. The van der Waals surface area contributed by atoms with Crippen molar-refractivity contribution < 1.29 is 22.0 Å². The van der Waals surface area contributed by atoms with Crippen LogP contribution < -0.4 is 5.73 Å². The predicted octanol–water partition coefficient (Wildman–Crippen LogP) is 3.62. The monoisotopic (exact) mass is 287 g/mol. The molecule has 0 saturated heterocycles. The van der Waals surface area contributed by atoms with Crippen LogP contribution >= 0.6 is 0 Å². The van der Waals surface area contributed by atoms with Crippen molar-refractivity contribution in [3.8, 4) is 0 Å². The molecule has 1 atom stereocenters. The average Bonchev–Trinajstić information content (AvgIpc) is 2.39. The van der Waals surface area contributed by atoms with E-state index in [1.165, 1.54) is 6.07 Å². The van der Waals surface area contributed by atoms with Gasteiger partial charge in [-0.05, 0) is 41.8 Å². The highest BCUT2D eigenvalue weighted by Gasteiger charge is 2.15. The molecule has 0 aliphatic heterocycles. The minimum atomic E-state index is -1.58. The van der Waals surface area contributed by atoms with Crippen LogP contribution in [0.15, 0.2) is 30.3 Å². The van der Waals surface area contributed by atoms with E-state index in [9.17, 15) is 22.0 Å². The Hall–Kier alpha value is -1.95. The van der Waals surface area contributed by atoms with Gasteiger partial charge >= 0.3 is 0 Å². The third-order valence-corrected chi connectivity index (χ3v) is 2.87. The fourth-order valence-corrected chi connectivity index (χ4v) is 1.83. The molecule has 1 unspecified atom stereocenters. The van der Waals surface area contributed by atoms with Crippen LogP contribution in [0.25, 0.3) is 0 Å². The van der Waals surface area contributed by atoms with Crippen LogP contribution in [-0.4, -0.2) is 0 Å². The fourth-order valence-electron chi connectivity index (χ4n) is 1.83. The van der Waals surface area contributed by atoms with Gasteiger partial charge in [0.1, 0.15) is 0 Å². The van der Waals surface area contributed by atoms with Crippen molar-refractivity contribution >= 4 is 0 Å². The van der Waals surface area contributed by atoms with Crippen molar-refractivity contribution in [3.05, 3.63) is 70.5 Å². The van der Waals surface area contributed by atoms with E-state index in [0.717, 1.165) is 24.3 Å². The van der Waals surface area contributed by atoms with Gasteiger partial charge in [0.05, 0.1) is 0 Å². The van der Waals surface area contributed by atoms with Crippen molar-refractivity contribution in [3.63, 3.8) is 0 Å². The van der Waals surface area contributed by atoms with Gasteiger partial charge in [-0.2, -0.15) is 0 Å². The summed E-state index contributed by atoms with van der Waals surface area (Å²) in [6.07, 6.45) is 0.0295. The van der Waals surface area contributed by atoms with Gasteiger partial charge in [-0.15, -0.1) is 0 Å². The summed E-state index contributed by atoms with van der Waals surface area (Å²) >= 11 is 0. The predicted molar refractivity (Wildman–Crippen MR) is 63.3 cm³/mol. The van der Waals surface area contributed by atoms with Crippen molar-refractivity contribution in [2.75, 3.05) is 0 Å². The molecule has 0 spiro atoms. The van der Waals surface area contributed by atoms with Gasteiger partial charge in [-0.3, -0.25) is 0 Å². The lowest BCUT2D eigenvalue weighted by molar-refractivity contribution is 0.443. The first-order valence-electron chi connectivity index (χ1n) is 5.72.